The van der Waals surface area contributed by atoms with Crippen LogP contribution in [-0.4, -0.2) is 56.9 Å². The molecule has 1 fully saturated rings. The second-order valence-electron chi connectivity index (χ2n) is 7.81. The van der Waals surface area contributed by atoms with E-state index in [1.165, 1.54) is 34.6 Å². The number of carbonyl (C=O) groups is 2. The topological polar surface area (TPSA) is 121 Å². The highest BCUT2D eigenvalue weighted by Gasteiger charge is 2.41. The number of benzene rings is 2. The van der Waals surface area contributed by atoms with Crippen molar-refractivity contribution in [2.24, 2.45) is 0 Å². The molecule has 2 aromatic carbocycles. The third-order valence-corrected chi connectivity index (χ3v) is 9.43. The minimum absolute atomic E-state index is 0.0190. The average Bonchev–Trinajstić information content (AvgIpc) is 2.96. The predicted octanol–water partition coefficient (Wildman–Crippen LogP) is 1.95. The van der Waals surface area contributed by atoms with Gasteiger partial charge in [-0.25, -0.2) is 21.1 Å². The van der Waals surface area contributed by atoms with Gasteiger partial charge in [-0.2, -0.15) is 4.31 Å². The van der Waals surface area contributed by atoms with Crippen LogP contribution in [0.4, 0.5) is 5.69 Å². The summed E-state index contributed by atoms with van der Waals surface area (Å²) in [6.07, 6.45) is 2.59. The van der Waals surface area contributed by atoms with Gasteiger partial charge in [-0.15, -0.1) is 0 Å². The summed E-state index contributed by atoms with van der Waals surface area (Å²) in [5.74, 6) is -1.52. The number of amides is 2. The van der Waals surface area contributed by atoms with Gasteiger partial charge in [0.1, 0.15) is 11.4 Å². The average molecular weight is 478 g/mol. The van der Waals surface area contributed by atoms with Crippen molar-refractivity contribution in [2.75, 3.05) is 25.0 Å². The van der Waals surface area contributed by atoms with E-state index in [0.29, 0.717) is 23.0 Å². The summed E-state index contributed by atoms with van der Waals surface area (Å²) in [6.45, 7) is 1.87. The molecule has 0 atom stereocenters. The van der Waals surface area contributed by atoms with Crippen molar-refractivity contribution in [3.8, 4) is 0 Å². The van der Waals surface area contributed by atoms with E-state index in [4.69, 9.17) is 0 Å². The minimum atomic E-state index is -4.12. The van der Waals surface area contributed by atoms with E-state index < -0.39 is 38.4 Å². The van der Waals surface area contributed by atoms with Crippen molar-refractivity contribution >= 4 is 37.5 Å². The van der Waals surface area contributed by atoms with E-state index in [2.05, 4.69) is 5.32 Å². The molecular formula is C21H23N3O6S2. The van der Waals surface area contributed by atoms with Crippen molar-refractivity contribution in [3.05, 3.63) is 53.6 Å². The van der Waals surface area contributed by atoms with Crippen molar-refractivity contribution in [3.63, 3.8) is 0 Å². The van der Waals surface area contributed by atoms with Gasteiger partial charge in [-0.05, 0) is 49.6 Å². The van der Waals surface area contributed by atoms with Crippen molar-refractivity contribution in [1.29, 1.82) is 0 Å². The lowest BCUT2D eigenvalue weighted by Gasteiger charge is -2.26. The third-order valence-electron chi connectivity index (χ3n) is 5.60. The van der Waals surface area contributed by atoms with Crippen LogP contribution in [0.3, 0.4) is 0 Å². The molecule has 2 amide bonds. The van der Waals surface area contributed by atoms with Gasteiger partial charge in [0.15, 0.2) is 0 Å². The second-order valence-corrected chi connectivity index (χ2v) is 11.5. The molecule has 1 N–H and O–H groups in total. The summed E-state index contributed by atoms with van der Waals surface area (Å²) >= 11 is 0. The monoisotopic (exact) mass is 477 g/mol. The maximum atomic E-state index is 13.1. The smallest absolute Gasteiger partial charge is 0.269 e. The summed E-state index contributed by atoms with van der Waals surface area (Å²) in [4.78, 5) is 25.0. The maximum absolute atomic E-state index is 13.1. The van der Waals surface area contributed by atoms with Crippen molar-refractivity contribution in [2.45, 2.75) is 36.0 Å². The van der Waals surface area contributed by atoms with Gasteiger partial charge in [0.25, 0.3) is 15.9 Å². The van der Waals surface area contributed by atoms with E-state index in [0.717, 1.165) is 19.3 Å². The molecule has 0 saturated carbocycles. The van der Waals surface area contributed by atoms with Gasteiger partial charge in [0.2, 0.25) is 15.9 Å². The van der Waals surface area contributed by atoms with E-state index in [1.54, 1.807) is 19.1 Å². The van der Waals surface area contributed by atoms with Crippen LogP contribution < -0.4 is 5.32 Å². The normalized spacial score (nSPS) is 18.4. The fraction of sp³-hybridized carbons (Fsp3) is 0.333. The number of piperidine rings is 1. The number of anilines is 1. The Balaban J connectivity index is 1.54. The van der Waals surface area contributed by atoms with Gasteiger partial charge in [0.05, 0.1) is 10.5 Å². The van der Waals surface area contributed by atoms with Gasteiger partial charge in [-0.3, -0.25) is 9.59 Å². The summed E-state index contributed by atoms with van der Waals surface area (Å²) in [5.41, 5.74) is 0.768. The van der Waals surface area contributed by atoms with Crippen LogP contribution in [0, 0.1) is 6.92 Å². The standard InChI is InChI=1S/C21H23N3O6S2/c1-15-9-10-16(13-19(15)31(27,28)23-11-5-2-6-12-23)22-20(25)14-24-21(26)17-7-3-4-8-18(17)32(24,29)30/h3-4,7-10,13H,2,5-6,11-12,14H2,1H3,(H,22,25). The van der Waals surface area contributed by atoms with Gasteiger partial charge in [-0.1, -0.05) is 24.6 Å². The molecule has 2 aromatic rings. The van der Waals surface area contributed by atoms with Crippen molar-refractivity contribution in [1.82, 2.24) is 8.61 Å². The molecule has 0 spiro atoms. The first-order valence-electron chi connectivity index (χ1n) is 10.2. The molecule has 0 unspecified atom stereocenters. The third kappa shape index (κ3) is 3.91. The number of aryl methyl sites for hydroxylation is 1. The fourth-order valence-corrected chi connectivity index (χ4v) is 7.21. The Bertz CT molecular complexity index is 1300. The highest BCUT2D eigenvalue weighted by molar-refractivity contribution is 7.90. The predicted molar refractivity (Wildman–Crippen MR) is 117 cm³/mol. The Labute approximate surface area is 187 Å². The molecule has 0 bridgehead atoms. The molecule has 2 aliphatic rings. The number of fused-ring (bicyclic) bond motifs is 1. The van der Waals surface area contributed by atoms with Crippen molar-refractivity contribution < 1.29 is 26.4 Å². The molecule has 11 heteroatoms. The number of sulfonamides is 2. The van der Waals surface area contributed by atoms with Crippen LogP contribution in [0.1, 0.15) is 35.2 Å². The number of hydrogen-bond donors (Lipinski definition) is 1. The number of carbonyl (C=O) groups excluding carboxylic acids is 2. The highest BCUT2D eigenvalue weighted by atomic mass is 32.2. The van der Waals surface area contributed by atoms with E-state index in [-0.39, 0.29) is 21.0 Å². The van der Waals surface area contributed by atoms with Crippen LogP contribution in [0.15, 0.2) is 52.3 Å². The van der Waals surface area contributed by atoms with Gasteiger partial charge in [0, 0.05) is 18.8 Å². The molecule has 9 nitrogen and oxygen atoms in total. The largest absolute Gasteiger partial charge is 0.324 e. The SMILES string of the molecule is Cc1ccc(NC(=O)CN2C(=O)c3ccccc3S2(=O)=O)cc1S(=O)(=O)N1CCCCC1. The molecule has 2 heterocycles. The van der Waals surface area contributed by atoms with Gasteiger partial charge >= 0.3 is 0 Å². The van der Waals surface area contributed by atoms with E-state index in [9.17, 15) is 26.4 Å². The molecule has 2 aliphatic heterocycles. The molecule has 170 valence electrons. The number of rotatable bonds is 5. The van der Waals surface area contributed by atoms with Crippen LogP contribution in [-0.2, 0) is 24.8 Å². The summed E-state index contributed by atoms with van der Waals surface area (Å²) in [5, 5.41) is 2.52. The zero-order valence-electron chi connectivity index (χ0n) is 17.4. The number of nitrogens with zero attached hydrogens (tertiary/aromatic N) is 2. The molecule has 0 aromatic heterocycles. The summed E-state index contributed by atoms with van der Waals surface area (Å²) in [6, 6.07) is 10.3. The van der Waals surface area contributed by atoms with E-state index in [1.807, 2.05) is 0 Å². The molecule has 32 heavy (non-hydrogen) atoms. The zero-order chi connectivity index (χ0) is 23.1. The Morgan fingerprint density at radius 1 is 1.06 bits per heavy atom. The van der Waals surface area contributed by atoms with Gasteiger partial charge < -0.3 is 5.32 Å². The molecular weight excluding hydrogens is 454 g/mol. The lowest BCUT2D eigenvalue weighted by Crippen LogP contribution is -2.37. The number of nitrogens with one attached hydrogen (secondary N) is 1. The number of hydrogen-bond acceptors (Lipinski definition) is 6. The van der Waals surface area contributed by atoms with Crippen LogP contribution in [0.2, 0.25) is 0 Å². The quantitative estimate of drug-likeness (QED) is 0.703. The Kier molecular flexibility index (Phi) is 5.82. The maximum Gasteiger partial charge on any atom is 0.269 e. The lowest BCUT2D eigenvalue weighted by molar-refractivity contribution is -0.116. The second kappa shape index (κ2) is 8.30. The highest BCUT2D eigenvalue weighted by Crippen LogP contribution is 2.30. The Morgan fingerprint density at radius 2 is 1.75 bits per heavy atom. The van der Waals surface area contributed by atoms with Crippen LogP contribution in [0.5, 0.6) is 0 Å². The first kappa shape index (κ1) is 22.4. The first-order chi connectivity index (χ1) is 15.1. The molecule has 0 radical (unpaired) electrons. The van der Waals surface area contributed by atoms with Crippen LogP contribution >= 0.6 is 0 Å². The first-order valence-corrected chi connectivity index (χ1v) is 13.1. The molecule has 0 aliphatic carbocycles. The Morgan fingerprint density at radius 3 is 2.44 bits per heavy atom. The van der Waals surface area contributed by atoms with E-state index >= 15 is 0 Å². The van der Waals surface area contributed by atoms with Crippen LogP contribution in [0.25, 0.3) is 0 Å². The molecule has 4 rings (SSSR count). The summed E-state index contributed by atoms with van der Waals surface area (Å²) < 4.78 is 53.3. The Hall–Kier alpha value is -2.76. The lowest BCUT2D eigenvalue weighted by atomic mass is 10.2. The minimum Gasteiger partial charge on any atom is -0.324 e. The molecule has 1 saturated heterocycles. The fourth-order valence-electron chi connectivity index (χ4n) is 3.92. The zero-order valence-corrected chi connectivity index (χ0v) is 19.1. The summed E-state index contributed by atoms with van der Waals surface area (Å²) in [7, 11) is -7.83.